The molecule has 0 saturated carbocycles. The van der Waals surface area contributed by atoms with Gasteiger partial charge in [-0.1, -0.05) is 29.8 Å². The summed E-state index contributed by atoms with van der Waals surface area (Å²) >= 11 is 0. The van der Waals surface area contributed by atoms with Gasteiger partial charge in [0.15, 0.2) is 0 Å². The van der Waals surface area contributed by atoms with Gasteiger partial charge in [0.1, 0.15) is 6.07 Å². The summed E-state index contributed by atoms with van der Waals surface area (Å²) in [5, 5.41) is 8.77. The molecule has 14 heavy (non-hydrogen) atoms. The monoisotopic (exact) mass is 189 g/mol. The van der Waals surface area contributed by atoms with Crippen LogP contribution in [0.1, 0.15) is 24.2 Å². The maximum Gasteiger partial charge on any atom is 0.304 e. The summed E-state index contributed by atoms with van der Waals surface area (Å²) < 4.78 is 4.83. The lowest BCUT2D eigenvalue weighted by Crippen LogP contribution is -2.06. The highest BCUT2D eigenvalue weighted by molar-refractivity contribution is 5.66. The Morgan fingerprint density at radius 3 is 2.43 bits per heavy atom. The van der Waals surface area contributed by atoms with E-state index in [0.29, 0.717) is 5.56 Å². The normalized spacial score (nSPS) is 11.5. The molecule has 0 aromatic heterocycles. The molecule has 0 amide bonds. The van der Waals surface area contributed by atoms with Crippen molar-refractivity contribution in [1.82, 2.24) is 0 Å². The molecule has 0 radical (unpaired) electrons. The van der Waals surface area contributed by atoms with Crippen LogP contribution in [0.5, 0.6) is 0 Å². The van der Waals surface area contributed by atoms with Crippen LogP contribution in [0.25, 0.3) is 0 Å². The van der Waals surface area contributed by atoms with E-state index in [1.807, 2.05) is 25.1 Å². The second-order valence-electron chi connectivity index (χ2n) is 3.03. The molecule has 0 aliphatic carbocycles. The van der Waals surface area contributed by atoms with Crippen LogP contribution in [-0.4, -0.2) is 5.97 Å². The Morgan fingerprint density at radius 1 is 1.43 bits per heavy atom. The van der Waals surface area contributed by atoms with Crippen molar-refractivity contribution in [3.8, 4) is 6.07 Å². The van der Waals surface area contributed by atoms with E-state index in [0.717, 1.165) is 5.56 Å². The molecule has 72 valence electrons. The van der Waals surface area contributed by atoms with Gasteiger partial charge in [0.25, 0.3) is 0 Å². The number of esters is 1. The van der Waals surface area contributed by atoms with E-state index in [9.17, 15) is 4.79 Å². The lowest BCUT2D eigenvalue weighted by Gasteiger charge is -2.09. The summed E-state index contributed by atoms with van der Waals surface area (Å²) in [6.45, 7) is 3.25. The number of carbonyl (C=O) groups excluding carboxylic acids is 1. The van der Waals surface area contributed by atoms with Crippen LogP contribution >= 0.6 is 0 Å². The van der Waals surface area contributed by atoms with Crippen LogP contribution in [0.2, 0.25) is 0 Å². The topological polar surface area (TPSA) is 50.1 Å². The van der Waals surface area contributed by atoms with Crippen molar-refractivity contribution in [3.63, 3.8) is 0 Å². The van der Waals surface area contributed by atoms with Crippen molar-refractivity contribution in [1.29, 1.82) is 5.26 Å². The Hall–Kier alpha value is -1.82. The quantitative estimate of drug-likeness (QED) is 0.669. The van der Waals surface area contributed by atoms with Gasteiger partial charge in [0, 0.05) is 12.5 Å². The number of rotatable bonds is 2. The number of nitrogens with zero attached hydrogens (tertiary/aromatic N) is 1. The smallest absolute Gasteiger partial charge is 0.304 e. The Bertz CT molecular complexity index is 362. The highest BCUT2D eigenvalue weighted by Gasteiger charge is 2.12. The minimum Gasteiger partial charge on any atom is -0.442 e. The van der Waals surface area contributed by atoms with Gasteiger partial charge in [-0.2, -0.15) is 5.26 Å². The number of nitriles is 1. The van der Waals surface area contributed by atoms with E-state index in [2.05, 4.69) is 0 Å². The first-order valence-corrected chi connectivity index (χ1v) is 4.27. The second kappa shape index (κ2) is 4.43. The first-order chi connectivity index (χ1) is 6.63. The van der Waals surface area contributed by atoms with Crippen LogP contribution in [0.15, 0.2) is 24.3 Å². The van der Waals surface area contributed by atoms with Crippen LogP contribution in [0.3, 0.4) is 0 Å². The average Bonchev–Trinajstić information content (AvgIpc) is 2.15. The summed E-state index contributed by atoms with van der Waals surface area (Å²) in [4.78, 5) is 10.7. The third-order valence-electron chi connectivity index (χ3n) is 1.78. The third-order valence-corrected chi connectivity index (χ3v) is 1.78. The SMILES string of the molecule is CC(=O)O[C@H](C#N)c1ccc(C)cc1. The van der Waals surface area contributed by atoms with Gasteiger partial charge in [0.2, 0.25) is 6.10 Å². The Labute approximate surface area is 82.9 Å². The highest BCUT2D eigenvalue weighted by Crippen LogP contribution is 2.16. The summed E-state index contributed by atoms with van der Waals surface area (Å²) in [5.41, 5.74) is 1.81. The van der Waals surface area contributed by atoms with Crippen molar-refractivity contribution in [2.75, 3.05) is 0 Å². The maximum atomic E-state index is 10.7. The first-order valence-electron chi connectivity index (χ1n) is 4.27. The molecule has 1 aromatic rings. The molecular formula is C11H11NO2. The zero-order valence-corrected chi connectivity index (χ0v) is 8.15. The van der Waals surface area contributed by atoms with Crippen LogP contribution in [0.4, 0.5) is 0 Å². The van der Waals surface area contributed by atoms with E-state index in [-0.39, 0.29) is 0 Å². The lowest BCUT2D eigenvalue weighted by atomic mass is 10.1. The van der Waals surface area contributed by atoms with Crippen molar-refractivity contribution in [3.05, 3.63) is 35.4 Å². The molecule has 0 aliphatic rings. The number of benzene rings is 1. The van der Waals surface area contributed by atoms with E-state index in [4.69, 9.17) is 10.00 Å². The minimum absolute atomic E-state index is 0.447. The molecule has 1 rings (SSSR count). The molecular weight excluding hydrogens is 178 g/mol. The van der Waals surface area contributed by atoms with Crippen LogP contribution in [0, 0.1) is 18.3 Å². The Kier molecular flexibility index (Phi) is 3.24. The lowest BCUT2D eigenvalue weighted by molar-refractivity contribution is -0.144. The predicted molar refractivity (Wildman–Crippen MR) is 51.3 cm³/mol. The zero-order chi connectivity index (χ0) is 10.6. The summed E-state index contributed by atoms with van der Waals surface area (Å²) in [5.74, 6) is -0.447. The highest BCUT2D eigenvalue weighted by atomic mass is 16.5. The van der Waals surface area contributed by atoms with E-state index >= 15 is 0 Å². The molecule has 3 nitrogen and oxygen atoms in total. The van der Waals surface area contributed by atoms with Crippen LogP contribution < -0.4 is 0 Å². The summed E-state index contributed by atoms with van der Waals surface area (Å²) in [6.07, 6.45) is -0.798. The van der Waals surface area contributed by atoms with Crippen LogP contribution in [-0.2, 0) is 9.53 Å². The molecule has 3 heteroatoms. The minimum atomic E-state index is -0.798. The van der Waals surface area contributed by atoms with Gasteiger partial charge < -0.3 is 4.74 Å². The standard InChI is InChI=1S/C11H11NO2/c1-8-3-5-10(6-4-8)11(7-12)14-9(2)13/h3-6,11H,1-2H3/t11-/m1/s1. The molecule has 0 fully saturated rings. The third kappa shape index (κ3) is 2.60. The average molecular weight is 189 g/mol. The largest absolute Gasteiger partial charge is 0.442 e. The van der Waals surface area contributed by atoms with Gasteiger partial charge in [-0.25, -0.2) is 0 Å². The Balaban J connectivity index is 2.85. The van der Waals surface area contributed by atoms with Crippen molar-refractivity contribution >= 4 is 5.97 Å². The molecule has 0 aliphatic heterocycles. The van der Waals surface area contributed by atoms with Gasteiger partial charge >= 0.3 is 5.97 Å². The molecule has 1 aromatic carbocycles. The number of aryl methyl sites for hydroxylation is 1. The van der Waals surface area contributed by atoms with E-state index in [1.54, 1.807) is 12.1 Å². The predicted octanol–water partition coefficient (Wildman–Crippen LogP) is 2.12. The number of ether oxygens (including phenoxy) is 1. The van der Waals surface area contributed by atoms with Gasteiger partial charge in [0.05, 0.1) is 0 Å². The fraction of sp³-hybridized carbons (Fsp3) is 0.273. The number of carbonyl (C=O) groups is 1. The van der Waals surface area contributed by atoms with E-state index in [1.165, 1.54) is 6.92 Å². The summed E-state index contributed by atoms with van der Waals surface area (Å²) in [7, 11) is 0. The first kappa shape index (κ1) is 10.3. The molecule has 0 heterocycles. The molecule has 0 bridgehead atoms. The molecule has 0 N–H and O–H groups in total. The van der Waals surface area contributed by atoms with Crippen molar-refractivity contribution < 1.29 is 9.53 Å². The second-order valence-corrected chi connectivity index (χ2v) is 3.03. The van der Waals surface area contributed by atoms with Gasteiger partial charge in [-0.15, -0.1) is 0 Å². The number of hydrogen-bond donors (Lipinski definition) is 0. The van der Waals surface area contributed by atoms with Gasteiger partial charge in [-0.05, 0) is 6.92 Å². The number of hydrogen-bond acceptors (Lipinski definition) is 3. The Morgan fingerprint density at radius 2 is 2.00 bits per heavy atom. The zero-order valence-electron chi connectivity index (χ0n) is 8.15. The molecule has 0 spiro atoms. The van der Waals surface area contributed by atoms with Gasteiger partial charge in [-0.3, -0.25) is 4.79 Å². The maximum absolute atomic E-state index is 10.7. The molecule has 1 atom stereocenters. The van der Waals surface area contributed by atoms with E-state index < -0.39 is 12.1 Å². The van der Waals surface area contributed by atoms with Crippen molar-refractivity contribution in [2.24, 2.45) is 0 Å². The molecule has 0 saturated heterocycles. The summed E-state index contributed by atoms with van der Waals surface area (Å²) in [6, 6.07) is 9.25. The fourth-order valence-electron chi connectivity index (χ4n) is 1.08. The van der Waals surface area contributed by atoms with Crippen molar-refractivity contribution in [2.45, 2.75) is 20.0 Å². The fourth-order valence-corrected chi connectivity index (χ4v) is 1.08. The molecule has 0 unspecified atom stereocenters.